The third-order valence-corrected chi connectivity index (χ3v) is 7.70. The molecule has 4 aromatic rings. The maximum Gasteiger partial charge on any atom is 0.431 e. The van der Waals surface area contributed by atoms with Crippen molar-refractivity contribution in [2.24, 2.45) is 5.41 Å². The average Bonchev–Trinajstić information content (AvgIpc) is 3.24. The van der Waals surface area contributed by atoms with E-state index in [1.165, 1.54) is 12.6 Å². The molecule has 0 radical (unpaired) electrons. The second-order valence-electron chi connectivity index (χ2n) is 10.6. The number of nitrogens with zero attached hydrogens (tertiary/aromatic N) is 4. The summed E-state index contributed by atoms with van der Waals surface area (Å²) in [5.41, 5.74) is 1.62. The summed E-state index contributed by atoms with van der Waals surface area (Å²) in [6, 6.07) is 2.92. The first-order chi connectivity index (χ1) is 17.2. The summed E-state index contributed by atoms with van der Waals surface area (Å²) in [7, 11) is 0. The molecule has 36 heavy (non-hydrogen) atoms. The normalized spacial score (nSPS) is 20.5. The number of hydrogen-bond acceptors (Lipinski definition) is 6. The minimum absolute atomic E-state index is 0.00840. The van der Waals surface area contributed by atoms with Crippen molar-refractivity contribution in [2.75, 3.05) is 18.4 Å². The lowest BCUT2D eigenvalue weighted by Crippen LogP contribution is -2.49. The number of H-pyrrole nitrogens is 1. The molecule has 2 fully saturated rings. The topological polar surface area (TPSA) is 91.4 Å². The van der Waals surface area contributed by atoms with Crippen molar-refractivity contribution in [3.8, 4) is 11.4 Å². The summed E-state index contributed by atoms with van der Waals surface area (Å²) >= 11 is 0. The third kappa shape index (κ3) is 3.97. The van der Waals surface area contributed by atoms with E-state index >= 15 is 0 Å². The molecule has 7 nitrogen and oxygen atoms in total. The molecular weight excluding hydrogens is 467 g/mol. The zero-order valence-electron chi connectivity index (χ0n) is 20.2. The number of anilines is 1. The van der Waals surface area contributed by atoms with Gasteiger partial charge in [0, 0.05) is 41.3 Å². The van der Waals surface area contributed by atoms with E-state index in [1.54, 1.807) is 12.3 Å². The smallest absolute Gasteiger partial charge is 0.366 e. The van der Waals surface area contributed by atoms with Gasteiger partial charge >= 0.3 is 6.18 Å². The minimum atomic E-state index is -4.50. The van der Waals surface area contributed by atoms with Gasteiger partial charge in [0.1, 0.15) is 17.2 Å². The SMILES string of the molecule is CC1(C)CNCCC1Nc1nc(-c2ccnc3[nH]c(C(F)(F)F)cc23)nc2cncc(C3CCC3)c12. The van der Waals surface area contributed by atoms with Crippen molar-refractivity contribution in [1.29, 1.82) is 0 Å². The Morgan fingerprint density at radius 3 is 2.67 bits per heavy atom. The van der Waals surface area contributed by atoms with Crippen LogP contribution >= 0.6 is 0 Å². The van der Waals surface area contributed by atoms with Gasteiger partial charge in [0.05, 0.1) is 11.7 Å². The molecule has 1 saturated carbocycles. The van der Waals surface area contributed by atoms with Gasteiger partial charge in [-0.2, -0.15) is 13.2 Å². The van der Waals surface area contributed by atoms with Crippen LogP contribution in [0.15, 0.2) is 30.7 Å². The van der Waals surface area contributed by atoms with E-state index in [-0.39, 0.29) is 17.1 Å². The Labute approximate surface area is 206 Å². The molecule has 10 heteroatoms. The molecule has 0 bridgehead atoms. The molecule has 188 valence electrons. The molecule has 0 spiro atoms. The van der Waals surface area contributed by atoms with Crippen LogP contribution in [-0.2, 0) is 6.18 Å². The number of fused-ring (bicyclic) bond motifs is 2. The average molecular weight is 496 g/mol. The lowest BCUT2D eigenvalue weighted by Gasteiger charge is -2.40. The van der Waals surface area contributed by atoms with Crippen LogP contribution in [0.1, 0.15) is 56.7 Å². The minimum Gasteiger partial charge on any atom is -0.366 e. The summed E-state index contributed by atoms with van der Waals surface area (Å²) in [6.45, 7) is 6.23. The van der Waals surface area contributed by atoms with Gasteiger partial charge in [-0.05, 0) is 54.8 Å². The number of hydrogen-bond donors (Lipinski definition) is 3. The first kappa shape index (κ1) is 23.1. The third-order valence-electron chi connectivity index (χ3n) is 7.70. The largest absolute Gasteiger partial charge is 0.431 e. The second kappa shape index (κ2) is 8.40. The second-order valence-corrected chi connectivity index (χ2v) is 10.6. The summed E-state index contributed by atoms with van der Waals surface area (Å²) in [4.78, 5) is 20.7. The predicted octanol–water partition coefficient (Wildman–Crippen LogP) is 5.65. The predicted molar refractivity (Wildman–Crippen MR) is 133 cm³/mol. The number of rotatable bonds is 4. The monoisotopic (exact) mass is 495 g/mol. The van der Waals surface area contributed by atoms with E-state index in [9.17, 15) is 13.2 Å². The molecular formula is C26H28F3N7. The lowest BCUT2D eigenvalue weighted by atomic mass is 9.78. The van der Waals surface area contributed by atoms with Crippen LogP contribution in [0.5, 0.6) is 0 Å². The van der Waals surface area contributed by atoms with Crippen molar-refractivity contribution in [3.05, 3.63) is 42.0 Å². The van der Waals surface area contributed by atoms with E-state index in [0.29, 0.717) is 28.2 Å². The van der Waals surface area contributed by atoms with E-state index in [0.717, 1.165) is 55.2 Å². The highest BCUT2D eigenvalue weighted by atomic mass is 19.4. The highest BCUT2D eigenvalue weighted by molar-refractivity contribution is 5.97. The Morgan fingerprint density at radius 2 is 1.94 bits per heavy atom. The number of piperidine rings is 1. The maximum absolute atomic E-state index is 13.4. The van der Waals surface area contributed by atoms with E-state index in [2.05, 4.69) is 39.4 Å². The van der Waals surface area contributed by atoms with Crippen LogP contribution in [0.2, 0.25) is 0 Å². The van der Waals surface area contributed by atoms with Crippen LogP contribution in [0, 0.1) is 5.41 Å². The Morgan fingerprint density at radius 1 is 1.11 bits per heavy atom. The molecule has 1 aliphatic carbocycles. The molecule has 1 saturated heterocycles. The van der Waals surface area contributed by atoms with Crippen LogP contribution in [-0.4, -0.2) is 44.1 Å². The molecule has 1 unspecified atom stereocenters. The highest BCUT2D eigenvalue weighted by Gasteiger charge is 2.35. The Bertz CT molecular complexity index is 1440. The number of alkyl halides is 3. The number of nitrogens with one attached hydrogen (secondary N) is 3. The quantitative estimate of drug-likeness (QED) is 0.339. The number of pyridine rings is 2. The lowest BCUT2D eigenvalue weighted by molar-refractivity contribution is -0.140. The van der Waals surface area contributed by atoms with Crippen molar-refractivity contribution in [2.45, 2.75) is 57.7 Å². The Hall–Kier alpha value is -3.27. The van der Waals surface area contributed by atoms with Gasteiger partial charge in [0.15, 0.2) is 5.82 Å². The van der Waals surface area contributed by atoms with Gasteiger partial charge in [-0.3, -0.25) is 4.98 Å². The van der Waals surface area contributed by atoms with Gasteiger partial charge in [-0.25, -0.2) is 15.0 Å². The first-order valence-corrected chi connectivity index (χ1v) is 12.4. The van der Waals surface area contributed by atoms with Gasteiger partial charge < -0.3 is 15.6 Å². The van der Waals surface area contributed by atoms with Crippen LogP contribution in [0.4, 0.5) is 19.0 Å². The fraction of sp³-hybridized carbons (Fsp3) is 0.462. The van der Waals surface area contributed by atoms with Crippen molar-refractivity contribution < 1.29 is 13.2 Å². The summed E-state index contributed by atoms with van der Waals surface area (Å²) in [5.74, 6) is 1.49. The van der Waals surface area contributed by atoms with Gasteiger partial charge in [0.2, 0.25) is 0 Å². The zero-order chi connectivity index (χ0) is 25.1. The number of aromatic amines is 1. The molecule has 1 aliphatic heterocycles. The van der Waals surface area contributed by atoms with Crippen LogP contribution in [0.25, 0.3) is 33.3 Å². The van der Waals surface area contributed by atoms with Crippen LogP contribution in [0.3, 0.4) is 0 Å². The zero-order valence-corrected chi connectivity index (χ0v) is 20.2. The molecule has 4 aromatic heterocycles. The summed E-state index contributed by atoms with van der Waals surface area (Å²) in [6.07, 6.45) is 4.95. The summed E-state index contributed by atoms with van der Waals surface area (Å²) < 4.78 is 40.2. The molecule has 0 aromatic carbocycles. The van der Waals surface area contributed by atoms with E-state index < -0.39 is 11.9 Å². The standard InChI is InChI=1S/C26H28F3N7/c1-25(2)13-30-8-7-19(25)34-24-21-17(14-4-3-5-14)11-31-12-18(21)33-23(36-24)15-6-9-32-22-16(15)10-20(35-22)26(27,28)29/h6,9-12,14,19,30H,3-5,7-8,13H2,1-2H3,(H,32,35)(H,33,34,36). The van der Waals surface area contributed by atoms with Crippen molar-refractivity contribution >= 4 is 27.8 Å². The fourth-order valence-corrected chi connectivity index (χ4v) is 5.34. The highest BCUT2D eigenvalue weighted by Crippen LogP contribution is 2.42. The molecule has 5 heterocycles. The molecule has 2 aliphatic rings. The Kier molecular flexibility index (Phi) is 5.40. The molecule has 0 amide bonds. The van der Waals surface area contributed by atoms with E-state index in [4.69, 9.17) is 9.97 Å². The van der Waals surface area contributed by atoms with Crippen molar-refractivity contribution in [3.63, 3.8) is 0 Å². The fourth-order valence-electron chi connectivity index (χ4n) is 5.34. The van der Waals surface area contributed by atoms with Gasteiger partial charge in [-0.15, -0.1) is 0 Å². The number of aromatic nitrogens is 5. The molecule has 6 rings (SSSR count). The first-order valence-electron chi connectivity index (χ1n) is 12.4. The number of halogens is 3. The van der Waals surface area contributed by atoms with Crippen LogP contribution < -0.4 is 10.6 Å². The Balaban J connectivity index is 1.54. The molecule has 1 atom stereocenters. The van der Waals surface area contributed by atoms with Gasteiger partial charge in [0.25, 0.3) is 0 Å². The van der Waals surface area contributed by atoms with Crippen molar-refractivity contribution in [1.82, 2.24) is 30.2 Å². The van der Waals surface area contributed by atoms with Gasteiger partial charge in [-0.1, -0.05) is 20.3 Å². The summed E-state index contributed by atoms with van der Waals surface area (Å²) in [5, 5.41) is 8.48. The molecule has 3 N–H and O–H groups in total. The van der Waals surface area contributed by atoms with E-state index in [1.807, 2.05) is 6.20 Å². The maximum atomic E-state index is 13.4.